The van der Waals surface area contributed by atoms with Crippen LogP contribution in [-0.4, -0.2) is 35.2 Å². The first kappa shape index (κ1) is 26.9. The first-order valence-electron chi connectivity index (χ1n) is 11.3. The summed E-state index contributed by atoms with van der Waals surface area (Å²) >= 11 is 0. The summed E-state index contributed by atoms with van der Waals surface area (Å²) in [6.07, 6.45) is 12.6. The number of hydrogen-bond donors (Lipinski definition) is 2. The van der Waals surface area contributed by atoms with E-state index in [0.717, 1.165) is 18.8 Å². The molecule has 0 aromatic carbocycles. The number of rotatable bonds is 16. The van der Waals surface area contributed by atoms with Crippen LogP contribution in [0.15, 0.2) is 0 Å². The highest BCUT2D eigenvalue weighted by Gasteiger charge is 2.17. The summed E-state index contributed by atoms with van der Waals surface area (Å²) in [6.45, 7) is 9.76. The number of nitrogens with one attached hydrogen (secondary N) is 1. The Balaban J connectivity index is 3.51. The Labute approximate surface area is 173 Å². The van der Waals surface area contributed by atoms with E-state index >= 15 is 0 Å². The fraction of sp³-hybridized carbons (Fsp3) is 0.913. The van der Waals surface area contributed by atoms with Gasteiger partial charge in [-0.15, -0.1) is 0 Å². The Kier molecular flexibility index (Phi) is 15.2. The lowest BCUT2D eigenvalue weighted by Gasteiger charge is -2.19. The number of ether oxygens (including phenoxy) is 1. The van der Waals surface area contributed by atoms with Crippen LogP contribution in [0.2, 0.25) is 0 Å². The van der Waals surface area contributed by atoms with Crippen molar-refractivity contribution >= 4 is 11.9 Å². The fourth-order valence-electron chi connectivity index (χ4n) is 3.11. The van der Waals surface area contributed by atoms with Gasteiger partial charge in [-0.1, -0.05) is 78.1 Å². The molecular formula is C23H45NO4. The Morgan fingerprint density at radius 3 is 1.79 bits per heavy atom. The zero-order valence-corrected chi connectivity index (χ0v) is 19.0. The molecule has 2 N–H and O–H groups in total. The standard InChI is InChI=1S/C23H45NO4/c1-19(2)15-13-11-9-7-6-8-10-12-14-16-20(25)17-21(26)24-18-22(27)28-23(3,4)5/h19-20,25H,6-18H2,1-5H3,(H,24,26)/t20-/m1/s1. The number of esters is 1. The van der Waals surface area contributed by atoms with Crippen LogP contribution in [0.25, 0.3) is 0 Å². The molecule has 0 spiro atoms. The minimum Gasteiger partial charge on any atom is -0.459 e. The number of amides is 1. The third kappa shape index (κ3) is 19.7. The van der Waals surface area contributed by atoms with E-state index in [9.17, 15) is 14.7 Å². The Morgan fingerprint density at radius 1 is 0.857 bits per heavy atom. The molecule has 0 aromatic rings. The van der Waals surface area contributed by atoms with Crippen molar-refractivity contribution in [1.82, 2.24) is 5.32 Å². The summed E-state index contributed by atoms with van der Waals surface area (Å²) in [5.41, 5.74) is -0.560. The van der Waals surface area contributed by atoms with E-state index in [1.165, 1.54) is 51.4 Å². The van der Waals surface area contributed by atoms with Crippen LogP contribution in [-0.2, 0) is 14.3 Å². The molecule has 0 saturated heterocycles. The molecule has 166 valence electrons. The predicted molar refractivity (Wildman–Crippen MR) is 115 cm³/mol. The molecule has 0 fully saturated rings. The largest absolute Gasteiger partial charge is 0.459 e. The summed E-state index contributed by atoms with van der Waals surface area (Å²) in [4.78, 5) is 23.3. The van der Waals surface area contributed by atoms with Crippen molar-refractivity contribution in [2.45, 2.75) is 123 Å². The quantitative estimate of drug-likeness (QED) is 0.278. The SMILES string of the molecule is CC(C)CCCCCCCCCCC[C@@H](O)CC(=O)NCC(=O)OC(C)(C)C. The van der Waals surface area contributed by atoms with Gasteiger partial charge in [0, 0.05) is 0 Å². The third-order valence-corrected chi connectivity index (χ3v) is 4.59. The maximum absolute atomic E-state index is 11.8. The molecule has 5 heteroatoms. The van der Waals surface area contributed by atoms with Gasteiger partial charge >= 0.3 is 5.97 Å². The molecule has 0 saturated carbocycles. The van der Waals surface area contributed by atoms with Gasteiger partial charge in [0.05, 0.1) is 12.5 Å². The molecule has 0 heterocycles. The molecule has 1 amide bonds. The molecule has 0 rings (SSSR count). The molecule has 0 unspecified atom stereocenters. The zero-order chi connectivity index (χ0) is 21.4. The second-order valence-corrected chi connectivity index (χ2v) is 9.37. The second-order valence-electron chi connectivity index (χ2n) is 9.37. The van der Waals surface area contributed by atoms with Gasteiger partial charge in [-0.25, -0.2) is 0 Å². The average molecular weight is 400 g/mol. The van der Waals surface area contributed by atoms with Crippen LogP contribution in [0.3, 0.4) is 0 Å². The van der Waals surface area contributed by atoms with Gasteiger partial charge in [-0.05, 0) is 33.1 Å². The molecule has 0 radical (unpaired) electrons. The highest BCUT2D eigenvalue weighted by molar-refractivity contribution is 5.82. The number of aliphatic hydroxyl groups excluding tert-OH is 1. The van der Waals surface area contributed by atoms with E-state index in [2.05, 4.69) is 19.2 Å². The lowest BCUT2D eigenvalue weighted by atomic mass is 10.0. The van der Waals surface area contributed by atoms with E-state index in [1.807, 2.05) is 0 Å². The van der Waals surface area contributed by atoms with E-state index in [1.54, 1.807) is 20.8 Å². The van der Waals surface area contributed by atoms with Gasteiger partial charge in [0.1, 0.15) is 12.1 Å². The summed E-state index contributed by atoms with van der Waals surface area (Å²) in [7, 11) is 0. The number of carbonyl (C=O) groups is 2. The average Bonchev–Trinajstić information content (AvgIpc) is 2.56. The van der Waals surface area contributed by atoms with E-state index in [4.69, 9.17) is 4.74 Å². The molecule has 28 heavy (non-hydrogen) atoms. The van der Waals surface area contributed by atoms with Gasteiger partial charge < -0.3 is 15.2 Å². The third-order valence-electron chi connectivity index (χ3n) is 4.59. The highest BCUT2D eigenvalue weighted by atomic mass is 16.6. The molecule has 0 aliphatic rings. The van der Waals surface area contributed by atoms with Crippen molar-refractivity contribution in [2.24, 2.45) is 5.92 Å². The molecular weight excluding hydrogens is 354 g/mol. The van der Waals surface area contributed by atoms with E-state index in [-0.39, 0.29) is 18.9 Å². The topological polar surface area (TPSA) is 75.6 Å². The Hall–Kier alpha value is -1.10. The minimum absolute atomic E-state index is 0.0408. The summed E-state index contributed by atoms with van der Waals surface area (Å²) in [6, 6.07) is 0. The van der Waals surface area contributed by atoms with Crippen LogP contribution >= 0.6 is 0 Å². The van der Waals surface area contributed by atoms with Crippen LogP contribution in [0.1, 0.15) is 112 Å². The fourth-order valence-corrected chi connectivity index (χ4v) is 3.11. The van der Waals surface area contributed by atoms with Crippen LogP contribution in [0.5, 0.6) is 0 Å². The van der Waals surface area contributed by atoms with Crippen LogP contribution in [0.4, 0.5) is 0 Å². The molecule has 0 aromatic heterocycles. The smallest absolute Gasteiger partial charge is 0.325 e. The van der Waals surface area contributed by atoms with Crippen molar-refractivity contribution in [2.75, 3.05) is 6.54 Å². The van der Waals surface area contributed by atoms with Gasteiger partial charge in [-0.3, -0.25) is 9.59 Å². The predicted octanol–water partition coefficient (Wildman–Crippen LogP) is 5.14. The van der Waals surface area contributed by atoms with Gasteiger partial charge in [0.2, 0.25) is 5.91 Å². The lowest BCUT2D eigenvalue weighted by Crippen LogP contribution is -2.35. The van der Waals surface area contributed by atoms with Gasteiger partial charge in [0.15, 0.2) is 0 Å². The summed E-state index contributed by atoms with van der Waals surface area (Å²) < 4.78 is 5.13. The van der Waals surface area contributed by atoms with E-state index < -0.39 is 17.7 Å². The number of hydrogen-bond acceptors (Lipinski definition) is 4. The Bertz CT molecular complexity index is 415. The molecule has 5 nitrogen and oxygen atoms in total. The lowest BCUT2D eigenvalue weighted by molar-refractivity contribution is -0.154. The van der Waals surface area contributed by atoms with Crippen molar-refractivity contribution in [1.29, 1.82) is 0 Å². The maximum atomic E-state index is 11.8. The second kappa shape index (κ2) is 15.8. The molecule has 0 aliphatic carbocycles. The van der Waals surface area contributed by atoms with Crippen molar-refractivity contribution < 1.29 is 19.4 Å². The number of aliphatic hydroxyl groups is 1. The van der Waals surface area contributed by atoms with Crippen molar-refractivity contribution in [3.63, 3.8) is 0 Å². The molecule has 0 aliphatic heterocycles. The number of unbranched alkanes of at least 4 members (excludes halogenated alkanes) is 8. The maximum Gasteiger partial charge on any atom is 0.325 e. The first-order chi connectivity index (χ1) is 13.1. The minimum atomic E-state index is -0.639. The number of carbonyl (C=O) groups excluding carboxylic acids is 2. The molecule has 0 bridgehead atoms. The monoisotopic (exact) mass is 399 g/mol. The highest BCUT2D eigenvalue weighted by Crippen LogP contribution is 2.14. The zero-order valence-electron chi connectivity index (χ0n) is 19.0. The Morgan fingerprint density at radius 2 is 1.32 bits per heavy atom. The van der Waals surface area contributed by atoms with Gasteiger partial charge in [0.25, 0.3) is 0 Å². The normalized spacial score (nSPS) is 12.8. The molecule has 1 atom stereocenters. The van der Waals surface area contributed by atoms with Gasteiger partial charge in [-0.2, -0.15) is 0 Å². The van der Waals surface area contributed by atoms with Crippen LogP contribution < -0.4 is 5.32 Å². The van der Waals surface area contributed by atoms with E-state index in [0.29, 0.717) is 6.42 Å². The first-order valence-corrected chi connectivity index (χ1v) is 11.3. The summed E-state index contributed by atoms with van der Waals surface area (Å²) in [5.74, 6) is 0.0532. The summed E-state index contributed by atoms with van der Waals surface area (Å²) in [5, 5.41) is 12.5. The van der Waals surface area contributed by atoms with Crippen molar-refractivity contribution in [3.05, 3.63) is 0 Å². The van der Waals surface area contributed by atoms with Crippen molar-refractivity contribution in [3.8, 4) is 0 Å². The van der Waals surface area contributed by atoms with Crippen LogP contribution in [0, 0.1) is 5.92 Å².